The topological polar surface area (TPSA) is 17.8 Å². The molecule has 1 heterocycles. The Labute approximate surface area is 84.3 Å². The normalized spacial score (nSPS) is 11.2. The van der Waals surface area contributed by atoms with Crippen LogP contribution in [0, 0.1) is 0 Å². The largest absolute Gasteiger partial charge is 0.257 e. The molecule has 0 aliphatic rings. The van der Waals surface area contributed by atoms with Crippen molar-refractivity contribution >= 4 is 23.4 Å². The zero-order valence-corrected chi connectivity index (χ0v) is 8.58. The summed E-state index contributed by atoms with van der Waals surface area (Å²) >= 11 is 7.28. The molecule has 0 bridgehead atoms. The van der Waals surface area contributed by atoms with Crippen LogP contribution in [0.4, 0.5) is 8.78 Å². The molecule has 2 nitrogen and oxygen atoms in total. The number of nitrogens with zero attached hydrogens (tertiary/aromatic N) is 2. The van der Waals surface area contributed by atoms with E-state index < -0.39 is 13.0 Å². The van der Waals surface area contributed by atoms with E-state index in [1.165, 1.54) is 18.0 Å². The van der Waals surface area contributed by atoms with Crippen LogP contribution in [0.3, 0.4) is 0 Å². The van der Waals surface area contributed by atoms with Crippen molar-refractivity contribution in [3.8, 4) is 0 Å². The van der Waals surface area contributed by atoms with E-state index in [0.29, 0.717) is 5.15 Å². The van der Waals surface area contributed by atoms with Crippen molar-refractivity contribution in [1.82, 2.24) is 9.78 Å². The quantitative estimate of drug-likeness (QED) is 0.735. The standard InChI is InChI=1S/C7H9ClF2N2S/c1-2-13-5-3-11-12(7(5)8)4-6(9)10/h3,6H,2,4H2,1H3. The molecule has 0 amide bonds. The summed E-state index contributed by atoms with van der Waals surface area (Å²) < 4.78 is 25.1. The third kappa shape index (κ3) is 2.84. The smallest absolute Gasteiger partial charge is 0.247 e. The van der Waals surface area contributed by atoms with Crippen LogP contribution in [0.5, 0.6) is 0 Å². The Hall–Kier alpha value is -0.290. The number of aromatic nitrogens is 2. The summed E-state index contributed by atoms with van der Waals surface area (Å²) in [6.07, 6.45) is -0.907. The van der Waals surface area contributed by atoms with Crippen molar-refractivity contribution in [3.05, 3.63) is 11.3 Å². The van der Waals surface area contributed by atoms with E-state index in [4.69, 9.17) is 11.6 Å². The molecule has 0 aromatic carbocycles. The van der Waals surface area contributed by atoms with Crippen molar-refractivity contribution in [1.29, 1.82) is 0 Å². The summed E-state index contributed by atoms with van der Waals surface area (Å²) in [4.78, 5) is 0.754. The Morgan fingerprint density at radius 1 is 1.69 bits per heavy atom. The van der Waals surface area contributed by atoms with Gasteiger partial charge in [0.15, 0.2) is 0 Å². The van der Waals surface area contributed by atoms with Crippen LogP contribution < -0.4 is 0 Å². The van der Waals surface area contributed by atoms with Gasteiger partial charge in [0.2, 0.25) is 0 Å². The average molecular weight is 227 g/mol. The highest BCUT2D eigenvalue weighted by atomic mass is 35.5. The SMILES string of the molecule is CCSc1cnn(CC(F)F)c1Cl. The lowest BCUT2D eigenvalue weighted by molar-refractivity contribution is 0.122. The first-order valence-corrected chi connectivity index (χ1v) is 5.13. The van der Waals surface area contributed by atoms with Gasteiger partial charge in [-0.3, -0.25) is 0 Å². The zero-order valence-electron chi connectivity index (χ0n) is 7.01. The number of rotatable bonds is 4. The fraction of sp³-hybridized carbons (Fsp3) is 0.571. The van der Waals surface area contributed by atoms with Gasteiger partial charge in [0.25, 0.3) is 6.43 Å². The van der Waals surface area contributed by atoms with Crippen molar-refractivity contribution in [2.75, 3.05) is 5.75 Å². The minimum absolute atomic E-state index is 0.298. The molecule has 0 N–H and O–H groups in total. The van der Waals surface area contributed by atoms with Gasteiger partial charge in [0.05, 0.1) is 11.1 Å². The molecule has 0 aliphatic carbocycles. The molecule has 0 unspecified atom stereocenters. The van der Waals surface area contributed by atoms with E-state index in [1.54, 1.807) is 0 Å². The molecular formula is C7H9ClF2N2S. The summed E-state index contributed by atoms with van der Waals surface area (Å²) in [5.74, 6) is 0.847. The minimum atomic E-state index is -2.42. The minimum Gasteiger partial charge on any atom is -0.247 e. The summed E-state index contributed by atoms with van der Waals surface area (Å²) in [7, 11) is 0. The Morgan fingerprint density at radius 3 is 2.92 bits per heavy atom. The lowest BCUT2D eigenvalue weighted by Crippen LogP contribution is -2.07. The molecule has 0 aliphatic heterocycles. The maximum atomic E-state index is 12.0. The molecule has 0 radical (unpaired) electrons. The van der Waals surface area contributed by atoms with Crippen LogP contribution in [0.2, 0.25) is 5.15 Å². The second kappa shape index (κ2) is 4.81. The predicted octanol–water partition coefficient (Wildman–Crippen LogP) is 2.91. The molecule has 1 aromatic rings. The fourth-order valence-electron chi connectivity index (χ4n) is 0.864. The van der Waals surface area contributed by atoms with Gasteiger partial charge < -0.3 is 0 Å². The highest BCUT2D eigenvalue weighted by molar-refractivity contribution is 7.99. The van der Waals surface area contributed by atoms with Gasteiger partial charge in [0.1, 0.15) is 11.7 Å². The van der Waals surface area contributed by atoms with Gasteiger partial charge in [-0.1, -0.05) is 18.5 Å². The average Bonchev–Trinajstić information content (AvgIpc) is 2.36. The highest BCUT2D eigenvalue weighted by Gasteiger charge is 2.11. The second-order valence-corrected chi connectivity index (χ2v) is 3.97. The van der Waals surface area contributed by atoms with Crippen molar-refractivity contribution in [2.24, 2.45) is 0 Å². The summed E-state index contributed by atoms with van der Waals surface area (Å²) in [6.45, 7) is 1.52. The summed E-state index contributed by atoms with van der Waals surface area (Å²) in [6, 6.07) is 0. The van der Waals surface area contributed by atoms with E-state index >= 15 is 0 Å². The van der Waals surface area contributed by atoms with Gasteiger partial charge >= 0.3 is 0 Å². The lowest BCUT2D eigenvalue weighted by atomic mass is 10.6. The van der Waals surface area contributed by atoms with Crippen LogP contribution >= 0.6 is 23.4 Å². The second-order valence-electron chi connectivity index (χ2n) is 2.31. The van der Waals surface area contributed by atoms with E-state index in [1.807, 2.05) is 6.92 Å². The number of hydrogen-bond donors (Lipinski definition) is 0. The first kappa shape index (κ1) is 10.8. The van der Waals surface area contributed by atoms with Crippen LogP contribution in [0.25, 0.3) is 0 Å². The summed E-state index contributed by atoms with van der Waals surface area (Å²) in [5.41, 5.74) is 0. The van der Waals surface area contributed by atoms with Crippen LogP contribution in [-0.4, -0.2) is 22.0 Å². The molecule has 1 aromatic heterocycles. The van der Waals surface area contributed by atoms with Crippen LogP contribution in [0.1, 0.15) is 6.92 Å². The first-order valence-electron chi connectivity index (χ1n) is 3.77. The monoisotopic (exact) mass is 226 g/mol. The van der Waals surface area contributed by atoms with E-state index in [2.05, 4.69) is 5.10 Å². The van der Waals surface area contributed by atoms with Gasteiger partial charge in [-0.05, 0) is 5.75 Å². The number of halogens is 3. The van der Waals surface area contributed by atoms with Crippen molar-refractivity contribution in [2.45, 2.75) is 24.8 Å². The molecule has 74 valence electrons. The molecule has 0 spiro atoms. The molecule has 0 saturated carbocycles. The van der Waals surface area contributed by atoms with Crippen LogP contribution in [0.15, 0.2) is 11.1 Å². The molecule has 0 atom stereocenters. The lowest BCUT2D eigenvalue weighted by Gasteiger charge is -2.01. The number of alkyl halides is 2. The highest BCUT2D eigenvalue weighted by Crippen LogP contribution is 2.26. The molecule has 0 saturated heterocycles. The van der Waals surface area contributed by atoms with Crippen LogP contribution in [-0.2, 0) is 6.54 Å². The van der Waals surface area contributed by atoms with Gasteiger partial charge in [0, 0.05) is 0 Å². The van der Waals surface area contributed by atoms with E-state index in [0.717, 1.165) is 15.3 Å². The predicted molar refractivity (Wildman–Crippen MR) is 49.6 cm³/mol. The van der Waals surface area contributed by atoms with Gasteiger partial charge in [-0.2, -0.15) is 5.10 Å². The first-order chi connectivity index (χ1) is 6.15. The maximum absolute atomic E-state index is 12.0. The Kier molecular flexibility index (Phi) is 3.99. The zero-order chi connectivity index (χ0) is 9.84. The molecule has 6 heteroatoms. The van der Waals surface area contributed by atoms with Gasteiger partial charge in [-0.25, -0.2) is 13.5 Å². The third-order valence-corrected chi connectivity index (χ3v) is 2.76. The molecule has 1 rings (SSSR count). The van der Waals surface area contributed by atoms with Crippen molar-refractivity contribution in [3.63, 3.8) is 0 Å². The Bertz CT molecular complexity index is 277. The fourth-order valence-corrected chi connectivity index (χ4v) is 1.85. The van der Waals surface area contributed by atoms with Crippen molar-refractivity contribution < 1.29 is 8.78 Å². The Morgan fingerprint density at radius 2 is 2.38 bits per heavy atom. The van der Waals surface area contributed by atoms with Gasteiger partial charge in [-0.15, -0.1) is 11.8 Å². The van der Waals surface area contributed by atoms with E-state index in [-0.39, 0.29) is 0 Å². The molecule has 0 fully saturated rings. The third-order valence-electron chi connectivity index (χ3n) is 1.36. The van der Waals surface area contributed by atoms with E-state index in [9.17, 15) is 8.78 Å². The number of thioether (sulfide) groups is 1. The maximum Gasteiger partial charge on any atom is 0.257 e. The number of hydrogen-bond acceptors (Lipinski definition) is 2. The summed E-state index contributed by atoms with van der Waals surface area (Å²) in [5, 5.41) is 4.06. The molecule has 13 heavy (non-hydrogen) atoms. The molecular weight excluding hydrogens is 218 g/mol. The Balaban J connectivity index is 2.74.